The Morgan fingerprint density at radius 1 is 1.15 bits per heavy atom. The van der Waals surface area contributed by atoms with Gasteiger partial charge >= 0.3 is 0 Å². The van der Waals surface area contributed by atoms with Gasteiger partial charge in [-0.15, -0.1) is 5.10 Å². The number of nitrogens with one attached hydrogen (secondary N) is 1. The molecular weight excluding hydrogens is 412 g/mol. The molecule has 0 saturated heterocycles. The summed E-state index contributed by atoms with van der Waals surface area (Å²) in [5, 5.41) is 20.2. The molecule has 0 saturated carbocycles. The van der Waals surface area contributed by atoms with Crippen molar-refractivity contribution in [3.8, 4) is 5.69 Å². The van der Waals surface area contributed by atoms with Crippen LogP contribution in [-0.2, 0) is 14.8 Å². The minimum Gasteiger partial charge on any atom is -0.325 e. The third kappa shape index (κ3) is 5.04. The molecule has 3 aromatic rings. The number of benzene rings is 2. The Hall–Kier alpha value is -2.47. The van der Waals surface area contributed by atoms with Gasteiger partial charge in [0.05, 0.1) is 16.3 Å². The van der Waals surface area contributed by atoms with E-state index in [-0.39, 0.29) is 16.6 Å². The lowest BCUT2D eigenvalue weighted by molar-refractivity contribution is -0.113. The maximum atomic E-state index is 12.1. The molecule has 1 aromatic heterocycles. The fourth-order valence-electron chi connectivity index (χ4n) is 2.07. The number of sulfonamides is 1. The zero-order valence-electron chi connectivity index (χ0n) is 13.6. The second-order valence-corrected chi connectivity index (χ2v) is 8.20. The standard InChI is InChI=1S/C15H13ClN6O3S2/c16-10-1-5-12(6-2-10)22-15(19-20-21-22)26-9-14(23)18-11-3-7-13(8-4-11)27(17,24)25/h1-8H,9H2,(H,18,23)(H2,17,24,25). The first-order valence-corrected chi connectivity index (χ1v) is 10.3. The Morgan fingerprint density at radius 3 is 2.44 bits per heavy atom. The van der Waals surface area contributed by atoms with E-state index in [0.717, 1.165) is 11.8 Å². The second kappa shape index (κ2) is 8.05. The summed E-state index contributed by atoms with van der Waals surface area (Å²) in [4.78, 5) is 12.1. The molecule has 0 aliphatic heterocycles. The fraction of sp³-hybridized carbons (Fsp3) is 0.0667. The lowest BCUT2D eigenvalue weighted by atomic mass is 10.3. The molecular formula is C15H13ClN6O3S2. The van der Waals surface area contributed by atoms with E-state index in [1.807, 2.05) is 0 Å². The van der Waals surface area contributed by atoms with Gasteiger partial charge < -0.3 is 5.32 Å². The quantitative estimate of drug-likeness (QED) is 0.575. The van der Waals surface area contributed by atoms with E-state index in [9.17, 15) is 13.2 Å². The van der Waals surface area contributed by atoms with Gasteiger partial charge in [0.15, 0.2) is 0 Å². The predicted octanol–water partition coefficient (Wildman–Crippen LogP) is 1.69. The van der Waals surface area contributed by atoms with Crippen LogP contribution < -0.4 is 10.5 Å². The minimum atomic E-state index is -3.77. The molecule has 1 heterocycles. The van der Waals surface area contributed by atoms with Crippen LogP contribution in [0.1, 0.15) is 0 Å². The van der Waals surface area contributed by atoms with Crippen LogP contribution in [0.15, 0.2) is 58.6 Å². The van der Waals surface area contributed by atoms with E-state index in [1.54, 1.807) is 24.3 Å². The number of hydrogen-bond acceptors (Lipinski definition) is 7. The Kier molecular flexibility index (Phi) is 5.75. The monoisotopic (exact) mass is 424 g/mol. The molecule has 27 heavy (non-hydrogen) atoms. The van der Waals surface area contributed by atoms with Crippen LogP contribution in [0.5, 0.6) is 0 Å². The van der Waals surface area contributed by atoms with Crippen molar-refractivity contribution in [1.82, 2.24) is 20.2 Å². The Labute approximate surface area is 163 Å². The van der Waals surface area contributed by atoms with Gasteiger partial charge in [-0.1, -0.05) is 23.4 Å². The summed E-state index contributed by atoms with van der Waals surface area (Å²) >= 11 is 7.02. The van der Waals surface area contributed by atoms with Crippen LogP contribution >= 0.6 is 23.4 Å². The van der Waals surface area contributed by atoms with Crippen molar-refractivity contribution in [2.24, 2.45) is 5.14 Å². The van der Waals surface area contributed by atoms with E-state index in [0.29, 0.717) is 21.6 Å². The number of halogens is 1. The number of carbonyl (C=O) groups is 1. The van der Waals surface area contributed by atoms with Crippen molar-refractivity contribution >= 4 is 45.0 Å². The second-order valence-electron chi connectivity index (χ2n) is 5.26. The smallest absolute Gasteiger partial charge is 0.238 e. The van der Waals surface area contributed by atoms with Gasteiger partial charge in [0.25, 0.3) is 0 Å². The zero-order chi connectivity index (χ0) is 19.4. The Balaban J connectivity index is 1.62. The lowest BCUT2D eigenvalue weighted by Gasteiger charge is -2.06. The number of rotatable bonds is 6. The number of anilines is 1. The van der Waals surface area contributed by atoms with E-state index < -0.39 is 10.0 Å². The Morgan fingerprint density at radius 2 is 1.81 bits per heavy atom. The van der Waals surface area contributed by atoms with Gasteiger partial charge in [-0.25, -0.2) is 13.6 Å². The highest BCUT2D eigenvalue weighted by Gasteiger charge is 2.12. The van der Waals surface area contributed by atoms with Gasteiger partial charge in [-0.3, -0.25) is 4.79 Å². The van der Waals surface area contributed by atoms with Crippen molar-refractivity contribution in [2.45, 2.75) is 10.1 Å². The highest BCUT2D eigenvalue weighted by molar-refractivity contribution is 7.99. The molecule has 3 N–H and O–H groups in total. The number of tetrazole rings is 1. The molecule has 0 aliphatic carbocycles. The van der Waals surface area contributed by atoms with Crippen molar-refractivity contribution in [2.75, 3.05) is 11.1 Å². The minimum absolute atomic E-state index is 0.0305. The summed E-state index contributed by atoms with van der Waals surface area (Å²) in [5.41, 5.74) is 1.16. The molecule has 9 nitrogen and oxygen atoms in total. The molecule has 0 radical (unpaired) electrons. The van der Waals surface area contributed by atoms with Crippen molar-refractivity contribution in [1.29, 1.82) is 0 Å². The molecule has 140 valence electrons. The van der Waals surface area contributed by atoms with Gasteiger partial charge in [0, 0.05) is 10.7 Å². The van der Waals surface area contributed by atoms with Crippen LogP contribution in [0, 0.1) is 0 Å². The summed E-state index contributed by atoms with van der Waals surface area (Å²) in [5.74, 6) is -0.237. The first-order chi connectivity index (χ1) is 12.8. The first-order valence-electron chi connectivity index (χ1n) is 7.43. The van der Waals surface area contributed by atoms with Gasteiger partial charge in [-0.2, -0.15) is 4.68 Å². The number of nitrogens with zero attached hydrogens (tertiary/aromatic N) is 4. The lowest BCUT2D eigenvalue weighted by Crippen LogP contribution is -2.15. The number of aromatic nitrogens is 4. The van der Waals surface area contributed by atoms with Crippen LogP contribution in [0.3, 0.4) is 0 Å². The van der Waals surface area contributed by atoms with Crippen molar-refractivity contribution in [3.05, 3.63) is 53.6 Å². The molecule has 0 atom stereocenters. The first kappa shape index (κ1) is 19.3. The van der Waals surface area contributed by atoms with Crippen molar-refractivity contribution in [3.63, 3.8) is 0 Å². The normalized spacial score (nSPS) is 11.3. The van der Waals surface area contributed by atoms with Crippen LogP contribution in [-0.4, -0.2) is 40.3 Å². The summed E-state index contributed by atoms with van der Waals surface area (Å²) in [6, 6.07) is 12.5. The number of amides is 1. The average molecular weight is 425 g/mol. The SMILES string of the molecule is NS(=O)(=O)c1ccc(NC(=O)CSc2nnnn2-c2ccc(Cl)cc2)cc1. The fourth-order valence-corrected chi connectivity index (χ4v) is 3.40. The summed E-state index contributed by atoms with van der Waals surface area (Å²) in [6.45, 7) is 0. The number of primary sulfonamides is 1. The molecule has 1 amide bonds. The molecule has 0 aliphatic rings. The van der Waals surface area contributed by atoms with Crippen LogP contribution in [0.2, 0.25) is 5.02 Å². The molecule has 0 fully saturated rings. The van der Waals surface area contributed by atoms with E-state index in [1.165, 1.54) is 28.9 Å². The number of carbonyl (C=O) groups excluding carboxylic acids is 1. The average Bonchev–Trinajstić information content (AvgIpc) is 3.09. The van der Waals surface area contributed by atoms with Gasteiger partial charge in [0.2, 0.25) is 21.1 Å². The highest BCUT2D eigenvalue weighted by atomic mass is 35.5. The Bertz CT molecular complexity index is 1050. The van der Waals surface area contributed by atoms with E-state index in [4.69, 9.17) is 16.7 Å². The largest absolute Gasteiger partial charge is 0.325 e. The third-order valence-corrected chi connectivity index (χ3v) is 5.41. The topological polar surface area (TPSA) is 133 Å². The maximum Gasteiger partial charge on any atom is 0.238 e. The number of nitrogens with two attached hydrogens (primary N) is 1. The van der Waals surface area contributed by atoms with E-state index in [2.05, 4.69) is 20.8 Å². The molecule has 0 unspecified atom stereocenters. The third-order valence-electron chi connectivity index (χ3n) is 3.31. The zero-order valence-corrected chi connectivity index (χ0v) is 16.0. The molecule has 2 aromatic carbocycles. The van der Waals surface area contributed by atoms with Crippen LogP contribution in [0.4, 0.5) is 5.69 Å². The summed E-state index contributed by atoms with van der Waals surface area (Å²) in [7, 11) is -3.77. The maximum absolute atomic E-state index is 12.1. The highest BCUT2D eigenvalue weighted by Crippen LogP contribution is 2.20. The van der Waals surface area contributed by atoms with Gasteiger partial charge in [0.1, 0.15) is 0 Å². The van der Waals surface area contributed by atoms with Gasteiger partial charge in [-0.05, 0) is 59.0 Å². The molecule has 0 bridgehead atoms. The predicted molar refractivity (Wildman–Crippen MR) is 101 cm³/mol. The van der Waals surface area contributed by atoms with Crippen molar-refractivity contribution < 1.29 is 13.2 Å². The van der Waals surface area contributed by atoms with Crippen LogP contribution in [0.25, 0.3) is 5.69 Å². The summed E-state index contributed by atoms with van der Waals surface area (Å²) in [6.07, 6.45) is 0. The number of hydrogen-bond donors (Lipinski definition) is 2. The molecule has 3 rings (SSSR count). The molecule has 12 heteroatoms. The summed E-state index contributed by atoms with van der Waals surface area (Å²) < 4.78 is 23.9. The number of thioether (sulfide) groups is 1. The molecule has 0 spiro atoms. The van der Waals surface area contributed by atoms with E-state index >= 15 is 0 Å².